The Morgan fingerprint density at radius 1 is 0.905 bits per heavy atom. The van der Waals surface area contributed by atoms with E-state index in [1.54, 1.807) is 6.08 Å². The van der Waals surface area contributed by atoms with Gasteiger partial charge in [0.05, 0.1) is 6.07 Å². The molecule has 0 fully saturated rings. The van der Waals surface area contributed by atoms with E-state index in [-0.39, 0.29) is 0 Å². The molecule has 1 nitrogen and oxygen atoms in total. The Morgan fingerprint density at radius 3 is 1.52 bits per heavy atom. The molecule has 108 valence electrons. The van der Waals surface area contributed by atoms with Crippen LogP contribution in [-0.4, -0.2) is 5.09 Å². The minimum absolute atomic E-state index is 0.962. The summed E-state index contributed by atoms with van der Waals surface area (Å²) in [5.41, 5.74) is 3.09. The molecule has 0 radical (unpaired) electrons. The standard InChI is InChI=1S/C15H11N.CBrF3/c16-12-11-15(13-7-3-1-4-8-13)14-9-5-2-6-10-14;2-1(3,4)5/h1-11H;. The van der Waals surface area contributed by atoms with Crippen LogP contribution in [0.1, 0.15) is 11.1 Å². The SMILES string of the molecule is FC(F)(F)Br.N#CC=C(c1ccccc1)c1ccccc1. The number of rotatable bonds is 2. The van der Waals surface area contributed by atoms with E-state index in [0.717, 1.165) is 16.7 Å². The number of hydrogen-bond donors (Lipinski definition) is 0. The largest absolute Gasteiger partial charge is 0.448 e. The summed E-state index contributed by atoms with van der Waals surface area (Å²) in [7, 11) is 0. The molecule has 0 N–H and O–H groups in total. The van der Waals surface area contributed by atoms with Gasteiger partial charge in [0.15, 0.2) is 0 Å². The zero-order valence-corrected chi connectivity index (χ0v) is 12.4. The summed E-state index contributed by atoms with van der Waals surface area (Å²) >= 11 is 1.38. The first-order valence-electron chi connectivity index (χ1n) is 5.88. The van der Waals surface area contributed by atoms with Gasteiger partial charge < -0.3 is 0 Å². The quantitative estimate of drug-likeness (QED) is 0.513. The first-order chi connectivity index (χ1) is 9.92. The predicted molar refractivity (Wildman–Crippen MR) is 80.6 cm³/mol. The van der Waals surface area contributed by atoms with Crippen LogP contribution in [0.25, 0.3) is 5.57 Å². The first kappa shape index (κ1) is 17.0. The molecule has 2 aromatic carbocycles. The number of halogens is 4. The molecular formula is C16H11BrF3N. The van der Waals surface area contributed by atoms with Crippen LogP contribution in [0.2, 0.25) is 0 Å². The van der Waals surface area contributed by atoms with Gasteiger partial charge in [0.2, 0.25) is 0 Å². The highest BCUT2D eigenvalue weighted by Crippen LogP contribution is 2.22. The third-order valence-electron chi connectivity index (χ3n) is 2.38. The fourth-order valence-corrected chi connectivity index (χ4v) is 1.63. The van der Waals surface area contributed by atoms with Crippen LogP contribution in [0.15, 0.2) is 66.7 Å². The zero-order valence-electron chi connectivity index (χ0n) is 10.8. The second-order valence-electron chi connectivity index (χ2n) is 3.85. The fraction of sp³-hybridized carbons (Fsp3) is 0.0625. The normalized spacial score (nSPS) is 9.86. The van der Waals surface area contributed by atoms with Crippen molar-refractivity contribution in [3.8, 4) is 6.07 Å². The number of alkyl halides is 4. The molecule has 0 heterocycles. The van der Waals surface area contributed by atoms with Gasteiger partial charge >= 0.3 is 5.09 Å². The van der Waals surface area contributed by atoms with Crippen molar-refractivity contribution in [2.75, 3.05) is 0 Å². The molecule has 0 amide bonds. The van der Waals surface area contributed by atoms with Crippen LogP contribution < -0.4 is 0 Å². The molecule has 0 aromatic heterocycles. The lowest BCUT2D eigenvalue weighted by atomic mass is 9.98. The summed E-state index contributed by atoms with van der Waals surface area (Å²) in [6, 6.07) is 22.0. The number of nitrogens with zero attached hydrogens (tertiary/aromatic N) is 1. The summed E-state index contributed by atoms with van der Waals surface area (Å²) in [6.45, 7) is 0. The lowest BCUT2D eigenvalue weighted by molar-refractivity contribution is -0.0245. The summed E-state index contributed by atoms with van der Waals surface area (Å²) in [4.78, 5) is 0. The van der Waals surface area contributed by atoms with Crippen molar-refractivity contribution in [1.29, 1.82) is 5.26 Å². The molecule has 21 heavy (non-hydrogen) atoms. The third kappa shape index (κ3) is 7.33. The van der Waals surface area contributed by atoms with E-state index < -0.39 is 5.09 Å². The molecular weight excluding hydrogens is 343 g/mol. The summed E-state index contributed by atoms with van der Waals surface area (Å²) < 4.78 is 30.8. The number of allylic oxidation sites excluding steroid dienone is 1. The highest BCUT2D eigenvalue weighted by Gasteiger charge is 2.19. The van der Waals surface area contributed by atoms with Crippen molar-refractivity contribution in [2.24, 2.45) is 0 Å². The van der Waals surface area contributed by atoms with Gasteiger partial charge in [-0.3, -0.25) is 0 Å². The molecule has 0 unspecified atom stereocenters. The molecule has 0 atom stereocenters. The van der Waals surface area contributed by atoms with Crippen molar-refractivity contribution in [1.82, 2.24) is 0 Å². The third-order valence-corrected chi connectivity index (χ3v) is 2.38. The molecule has 0 spiro atoms. The van der Waals surface area contributed by atoms with Gasteiger partial charge in [-0.05, 0) is 16.7 Å². The van der Waals surface area contributed by atoms with Crippen LogP contribution >= 0.6 is 15.9 Å². The number of hydrogen-bond acceptors (Lipinski definition) is 1. The van der Waals surface area contributed by atoms with E-state index in [4.69, 9.17) is 5.26 Å². The van der Waals surface area contributed by atoms with Gasteiger partial charge in [-0.25, -0.2) is 0 Å². The fourth-order valence-electron chi connectivity index (χ4n) is 1.63. The van der Waals surface area contributed by atoms with E-state index >= 15 is 0 Å². The van der Waals surface area contributed by atoms with Crippen molar-refractivity contribution < 1.29 is 13.2 Å². The smallest absolute Gasteiger partial charge is 0.193 e. The van der Waals surface area contributed by atoms with Crippen molar-refractivity contribution in [2.45, 2.75) is 5.09 Å². The van der Waals surface area contributed by atoms with Crippen molar-refractivity contribution in [3.05, 3.63) is 77.9 Å². The number of nitriles is 1. The topological polar surface area (TPSA) is 23.8 Å². The molecule has 0 aliphatic heterocycles. The van der Waals surface area contributed by atoms with Gasteiger partial charge in [-0.1, -0.05) is 60.7 Å². The second-order valence-corrected chi connectivity index (χ2v) is 4.75. The molecule has 0 aliphatic rings. The maximum absolute atomic E-state index is 10.3. The maximum atomic E-state index is 10.3. The van der Waals surface area contributed by atoms with Crippen LogP contribution in [0.4, 0.5) is 13.2 Å². The van der Waals surface area contributed by atoms with Crippen LogP contribution in [0.3, 0.4) is 0 Å². The molecule has 2 rings (SSSR count). The Labute approximate surface area is 129 Å². The molecule has 0 saturated heterocycles. The Bertz CT molecular complexity index is 566. The monoisotopic (exact) mass is 353 g/mol. The Hall–Kier alpha value is -2.06. The minimum atomic E-state index is -4.19. The predicted octanol–water partition coefficient (Wildman–Crippen LogP) is 5.54. The Balaban J connectivity index is 0.000000383. The molecule has 0 bridgehead atoms. The molecule has 2 aromatic rings. The van der Waals surface area contributed by atoms with Crippen molar-refractivity contribution >= 4 is 21.5 Å². The van der Waals surface area contributed by atoms with E-state index in [9.17, 15) is 13.2 Å². The molecule has 0 saturated carbocycles. The highest BCUT2D eigenvalue weighted by molar-refractivity contribution is 9.09. The van der Waals surface area contributed by atoms with Gasteiger partial charge in [-0.15, -0.1) is 0 Å². The average Bonchev–Trinajstić information content (AvgIpc) is 2.45. The van der Waals surface area contributed by atoms with E-state index in [2.05, 4.69) is 6.07 Å². The van der Waals surface area contributed by atoms with Gasteiger partial charge in [0.1, 0.15) is 0 Å². The lowest BCUT2D eigenvalue weighted by Gasteiger charge is -2.06. The van der Waals surface area contributed by atoms with E-state index in [1.807, 2.05) is 60.7 Å². The van der Waals surface area contributed by atoms with Gasteiger partial charge in [0.25, 0.3) is 0 Å². The molecule has 5 heteroatoms. The van der Waals surface area contributed by atoms with E-state index in [1.165, 1.54) is 15.9 Å². The van der Waals surface area contributed by atoms with E-state index in [0.29, 0.717) is 0 Å². The zero-order chi connectivity index (χ0) is 15.7. The van der Waals surface area contributed by atoms with Crippen LogP contribution in [-0.2, 0) is 0 Å². The number of benzene rings is 2. The maximum Gasteiger partial charge on any atom is 0.448 e. The van der Waals surface area contributed by atoms with Crippen molar-refractivity contribution in [3.63, 3.8) is 0 Å². The van der Waals surface area contributed by atoms with Crippen LogP contribution in [0, 0.1) is 11.3 Å². The Morgan fingerprint density at radius 2 is 1.24 bits per heavy atom. The summed E-state index contributed by atoms with van der Waals surface area (Å²) in [6.07, 6.45) is 1.59. The summed E-state index contributed by atoms with van der Waals surface area (Å²) in [5.74, 6) is 0. The average molecular weight is 354 g/mol. The highest BCUT2D eigenvalue weighted by atomic mass is 79.9. The lowest BCUT2D eigenvalue weighted by Crippen LogP contribution is -1.88. The molecule has 0 aliphatic carbocycles. The second kappa shape index (κ2) is 8.28. The van der Waals surface area contributed by atoms with Gasteiger partial charge in [0, 0.05) is 22.0 Å². The minimum Gasteiger partial charge on any atom is -0.193 e. The van der Waals surface area contributed by atoms with Crippen LogP contribution in [0.5, 0.6) is 0 Å². The van der Waals surface area contributed by atoms with Gasteiger partial charge in [-0.2, -0.15) is 18.4 Å². The Kier molecular flexibility index (Phi) is 6.70. The first-order valence-corrected chi connectivity index (χ1v) is 6.67. The summed E-state index contributed by atoms with van der Waals surface area (Å²) in [5, 5.41) is 4.65.